The third-order valence-electron chi connectivity index (χ3n) is 4.95. The molecule has 3 amide bonds. The Morgan fingerprint density at radius 1 is 0.833 bits per heavy atom. The van der Waals surface area contributed by atoms with Gasteiger partial charge in [0, 0.05) is 64.1 Å². The van der Waals surface area contributed by atoms with Crippen LogP contribution >= 0.6 is 0 Å². The lowest BCUT2D eigenvalue weighted by Crippen LogP contribution is -2.73. The molecule has 3 fully saturated rings. The number of hydrogen-bond acceptors (Lipinski definition) is 5. The van der Waals surface area contributed by atoms with E-state index in [9.17, 15) is 14.4 Å². The summed E-state index contributed by atoms with van der Waals surface area (Å²) in [5.74, 6) is -0.207. The number of amides is 3. The molecule has 3 aliphatic rings. The SMILES string of the molecule is CC(=O)NCC1CC2(N)CC(CNC(C)=O)N1[C@@H](CNC(C)=O)C2. The highest BCUT2D eigenvalue weighted by molar-refractivity contribution is 5.73. The Bertz CT molecular complexity index is 441. The van der Waals surface area contributed by atoms with Gasteiger partial charge in [0.1, 0.15) is 0 Å². The van der Waals surface area contributed by atoms with Gasteiger partial charge < -0.3 is 21.7 Å². The summed E-state index contributed by atoms with van der Waals surface area (Å²) in [4.78, 5) is 36.2. The van der Waals surface area contributed by atoms with Gasteiger partial charge >= 0.3 is 0 Å². The molecular weight excluding hydrogens is 310 g/mol. The minimum atomic E-state index is -0.329. The van der Waals surface area contributed by atoms with Crippen LogP contribution in [0.25, 0.3) is 0 Å². The van der Waals surface area contributed by atoms with Crippen molar-refractivity contribution in [3.8, 4) is 0 Å². The van der Waals surface area contributed by atoms with Crippen LogP contribution in [-0.2, 0) is 14.4 Å². The third kappa shape index (κ3) is 4.67. The van der Waals surface area contributed by atoms with Gasteiger partial charge in [0.25, 0.3) is 0 Å². The molecule has 3 rings (SSSR count). The summed E-state index contributed by atoms with van der Waals surface area (Å²) in [7, 11) is 0. The maximum atomic E-state index is 11.3. The Labute approximate surface area is 142 Å². The minimum absolute atomic E-state index is 0.0689. The maximum absolute atomic E-state index is 11.3. The average Bonchev–Trinajstić information content (AvgIpc) is 2.47. The van der Waals surface area contributed by atoms with Crippen LogP contribution < -0.4 is 21.7 Å². The molecule has 0 aromatic heterocycles. The van der Waals surface area contributed by atoms with Crippen molar-refractivity contribution in [1.82, 2.24) is 20.9 Å². The highest BCUT2D eigenvalue weighted by Gasteiger charge is 2.51. The molecule has 0 radical (unpaired) electrons. The van der Waals surface area contributed by atoms with Gasteiger partial charge in [-0.15, -0.1) is 0 Å². The normalized spacial score (nSPS) is 34.5. The zero-order valence-electron chi connectivity index (χ0n) is 14.7. The van der Waals surface area contributed by atoms with Crippen molar-refractivity contribution in [1.29, 1.82) is 0 Å². The molecule has 0 aromatic rings. The van der Waals surface area contributed by atoms with Crippen LogP contribution in [0.5, 0.6) is 0 Å². The summed E-state index contributed by atoms with van der Waals surface area (Å²) in [6, 6.07) is 0.330. The molecule has 3 heterocycles. The molecule has 8 nitrogen and oxygen atoms in total. The Morgan fingerprint density at radius 3 is 1.38 bits per heavy atom. The third-order valence-corrected chi connectivity index (χ3v) is 4.95. The number of carbonyl (C=O) groups is 3. The molecule has 0 aliphatic carbocycles. The van der Waals surface area contributed by atoms with Crippen LogP contribution in [-0.4, -0.2) is 65.9 Å². The highest BCUT2D eigenvalue weighted by atomic mass is 16.2. The second kappa shape index (κ2) is 7.48. The fraction of sp³-hybridized carbons (Fsp3) is 0.812. The molecule has 8 heteroatoms. The topological polar surface area (TPSA) is 117 Å². The van der Waals surface area contributed by atoms with Crippen molar-refractivity contribution in [2.24, 2.45) is 5.73 Å². The van der Waals surface area contributed by atoms with Gasteiger partial charge in [0.05, 0.1) is 0 Å². The first-order chi connectivity index (χ1) is 11.2. The number of fused-ring (bicyclic) bond motifs is 3. The Morgan fingerprint density at radius 2 is 1.12 bits per heavy atom. The van der Waals surface area contributed by atoms with E-state index in [1.807, 2.05) is 0 Å². The summed E-state index contributed by atoms with van der Waals surface area (Å²) in [6.45, 7) is 6.08. The largest absolute Gasteiger partial charge is 0.355 e. The lowest BCUT2D eigenvalue weighted by Gasteiger charge is -2.59. The number of piperidine rings is 3. The van der Waals surface area contributed by atoms with E-state index < -0.39 is 0 Å². The molecule has 0 spiro atoms. The lowest BCUT2D eigenvalue weighted by atomic mass is 9.69. The monoisotopic (exact) mass is 339 g/mol. The Hall–Kier alpha value is -1.67. The zero-order chi connectivity index (χ0) is 17.9. The van der Waals surface area contributed by atoms with E-state index >= 15 is 0 Å². The summed E-state index contributed by atoms with van der Waals surface area (Å²) in [5, 5.41) is 8.63. The van der Waals surface area contributed by atoms with Gasteiger partial charge in [-0.1, -0.05) is 0 Å². The number of nitrogens with zero attached hydrogens (tertiary/aromatic N) is 1. The van der Waals surface area contributed by atoms with E-state index in [-0.39, 0.29) is 41.4 Å². The molecule has 24 heavy (non-hydrogen) atoms. The number of rotatable bonds is 6. The van der Waals surface area contributed by atoms with Crippen LogP contribution in [0.1, 0.15) is 40.0 Å². The summed E-state index contributed by atoms with van der Waals surface area (Å²) in [5.41, 5.74) is 6.29. The molecule has 3 atom stereocenters. The van der Waals surface area contributed by atoms with Gasteiger partial charge in [-0.05, 0) is 19.3 Å². The van der Waals surface area contributed by atoms with E-state index in [0.29, 0.717) is 19.6 Å². The van der Waals surface area contributed by atoms with Crippen molar-refractivity contribution in [3.63, 3.8) is 0 Å². The second-order valence-corrected chi connectivity index (χ2v) is 7.19. The van der Waals surface area contributed by atoms with Gasteiger partial charge in [-0.3, -0.25) is 19.3 Å². The van der Waals surface area contributed by atoms with E-state index in [1.165, 1.54) is 20.8 Å². The number of carbonyl (C=O) groups excluding carboxylic acids is 3. The first-order valence-electron chi connectivity index (χ1n) is 8.50. The van der Waals surface area contributed by atoms with E-state index in [1.54, 1.807) is 0 Å². The quantitative estimate of drug-likeness (QED) is 0.480. The van der Waals surface area contributed by atoms with Crippen LogP contribution in [0, 0.1) is 0 Å². The molecule has 2 unspecified atom stereocenters. The van der Waals surface area contributed by atoms with Crippen LogP contribution in [0.2, 0.25) is 0 Å². The minimum Gasteiger partial charge on any atom is -0.355 e. The van der Waals surface area contributed by atoms with Crippen LogP contribution in [0.15, 0.2) is 0 Å². The first-order valence-corrected chi connectivity index (χ1v) is 8.50. The number of nitrogens with one attached hydrogen (secondary N) is 3. The average molecular weight is 339 g/mol. The van der Waals surface area contributed by atoms with Crippen LogP contribution in [0.3, 0.4) is 0 Å². The maximum Gasteiger partial charge on any atom is 0.216 e. The molecule has 5 N–H and O–H groups in total. The second-order valence-electron chi connectivity index (χ2n) is 7.19. The zero-order valence-corrected chi connectivity index (χ0v) is 14.7. The number of hydrogen-bond donors (Lipinski definition) is 4. The van der Waals surface area contributed by atoms with E-state index in [2.05, 4.69) is 20.9 Å². The van der Waals surface area contributed by atoms with Crippen molar-refractivity contribution in [3.05, 3.63) is 0 Å². The predicted octanol–water partition coefficient (Wildman–Crippen LogP) is -1.30. The molecule has 0 saturated carbocycles. The first kappa shape index (κ1) is 18.7. The van der Waals surface area contributed by atoms with Crippen molar-refractivity contribution < 1.29 is 14.4 Å². The smallest absolute Gasteiger partial charge is 0.216 e. The molecule has 0 aromatic carbocycles. The molecule has 3 saturated heterocycles. The summed E-state index contributed by atoms with van der Waals surface area (Å²) >= 11 is 0. The lowest BCUT2D eigenvalue weighted by molar-refractivity contribution is -0.121. The molecule has 2 bridgehead atoms. The van der Waals surface area contributed by atoms with Gasteiger partial charge in [0.15, 0.2) is 0 Å². The van der Waals surface area contributed by atoms with Gasteiger partial charge in [-0.2, -0.15) is 0 Å². The van der Waals surface area contributed by atoms with Crippen LogP contribution in [0.4, 0.5) is 0 Å². The Kier molecular flexibility index (Phi) is 5.82. The highest BCUT2D eigenvalue weighted by Crippen LogP contribution is 2.41. The van der Waals surface area contributed by atoms with Crippen molar-refractivity contribution in [2.45, 2.75) is 63.7 Å². The standard InChI is InChI=1S/C16H29N5O3/c1-10(22)18-7-13-4-16(17)5-14(8-19-11(2)23)21(13)15(6-16)9-20-12(3)24/h13-15H,4-9,17H2,1-3H3,(H,18,22)(H,19,23)(H,20,24)/t13-,14?,15?,16?/m1/s1. The summed E-state index contributed by atoms with van der Waals surface area (Å²) in [6.07, 6.45) is 2.42. The van der Waals surface area contributed by atoms with Crippen molar-refractivity contribution in [2.75, 3.05) is 19.6 Å². The number of nitrogens with two attached hydrogens (primary N) is 1. The van der Waals surface area contributed by atoms with Gasteiger partial charge in [-0.25, -0.2) is 0 Å². The van der Waals surface area contributed by atoms with Crippen molar-refractivity contribution >= 4 is 17.7 Å². The molecule has 136 valence electrons. The van der Waals surface area contributed by atoms with E-state index in [4.69, 9.17) is 5.73 Å². The predicted molar refractivity (Wildman–Crippen MR) is 90.0 cm³/mol. The Balaban J connectivity index is 2.15. The summed E-state index contributed by atoms with van der Waals surface area (Å²) < 4.78 is 0. The van der Waals surface area contributed by atoms with E-state index in [0.717, 1.165) is 19.3 Å². The molecule has 3 aliphatic heterocycles. The molecular formula is C16H29N5O3. The fourth-order valence-corrected chi connectivity index (χ4v) is 4.19. The fourth-order valence-electron chi connectivity index (χ4n) is 4.19. The van der Waals surface area contributed by atoms with Gasteiger partial charge in [0.2, 0.25) is 17.7 Å².